The van der Waals surface area contributed by atoms with E-state index in [0.29, 0.717) is 23.3 Å². The van der Waals surface area contributed by atoms with Gasteiger partial charge in [0, 0.05) is 31.2 Å². The summed E-state index contributed by atoms with van der Waals surface area (Å²) in [6.45, 7) is 2.61. The Labute approximate surface area is 215 Å². The Morgan fingerprint density at radius 1 is 0.865 bits per heavy atom. The quantitative estimate of drug-likeness (QED) is 0.121. The Bertz CT molecular complexity index is 1210. The van der Waals surface area contributed by atoms with Gasteiger partial charge >= 0.3 is 20.5 Å². The fraction of sp³-hybridized carbons (Fsp3) is 0.444. The second kappa shape index (κ2) is 13.1. The average Bonchev–Trinajstić information content (AvgIpc) is 2.86. The molecule has 0 fully saturated rings. The number of alkyl halides is 3. The fourth-order valence-corrected chi connectivity index (χ4v) is 5.47. The summed E-state index contributed by atoms with van der Waals surface area (Å²) in [6, 6.07) is 13.0. The van der Waals surface area contributed by atoms with Gasteiger partial charge in [0.15, 0.2) is 0 Å². The molecule has 1 aromatic heterocycles. The van der Waals surface area contributed by atoms with Gasteiger partial charge < -0.3 is 22.7 Å². The molecule has 0 aliphatic carbocycles. The van der Waals surface area contributed by atoms with Crippen LogP contribution in [0, 0.1) is 0 Å². The molecule has 0 amide bonds. The van der Waals surface area contributed by atoms with Crippen molar-refractivity contribution in [1.82, 2.24) is 0 Å². The highest BCUT2D eigenvalue weighted by Crippen LogP contribution is 2.33. The first kappa shape index (κ1) is 28.7. The lowest BCUT2D eigenvalue weighted by molar-refractivity contribution is -0.274. The highest BCUT2D eigenvalue weighted by atomic mass is 28.4. The molecule has 6 nitrogen and oxygen atoms in total. The summed E-state index contributed by atoms with van der Waals surface area (Å²) in [7, 11) is 1.47. The van der Waals surface area contributed by atoms with E-state index in [-0.39, 0.29) is 11.1 Å². The summed E-state index contributed by atoms with van der Waals surface area (Å²) in [5.41, 5.74) is -0.480. The van der Waals surface area contributed by atoms with Crippen LogP contribution in [0.2, 0.25) is 12.6 Å². The van der Waals surface area contributed by atoms with E-state index in [1.165, 1.54) is 24.3 Å². The van der Waals surface area contributed by atoms with Gasteiger partial charge in [-0.3, -0.25) is 0 Å². The van der Waals surface area contributed by atoms with E-state index in [4.69, 9.17) is 18.0 Å². The van der Waals surface area contributed by atoms with Crippen LogP contribution >= 0.6 is 0 Å². The van der Waals surface area contributed by atoms with Gasteiger partial charge in [0.2, 0.25) is 0 Å². The molecule has 1 heterocycles. The van der Waals surface area contributed by atoms with E-state index < -0.39 is 26.3 Å². The Morgan fingerprint density at radius 2 is 1.54 bits per heavy atom. The lowest BCUT2D eigenvalue weighted by Crippen LogP contribution is -2.35. The minimum Gasteiger partial charge on any atom is -0.493 e. The monoisotopic (exact) mass is 538 g/mol. The molecule has 202 valence electrons. The van der Waals surface area contributed by atoms with Gasteiger partial charge in [0.25, 0.3) is 0 Å². The molecule has 0 aliphatic heterocycles. The first-order valence-electron chi connectivity index (χ1n) is 12.3. The van der Waals surface area contributed by atoms with Crippen molar-refractivity contribution < 1.29 is 35.9 Å². The molecule has 3 rings (SSSR count). The molecule has 0 saturated heterocycles. The van der Waals surface area contributed by atoms with Crippen LogP contribution in [0.1, 0.15) is 38.5 Å². The number of ether oxygens (including phenoxy) is 2. The van der Waals surface area contributed by atoms with Crippen molar-refractivity contribution in [3.05, 3.63) is 59.0 Å². The second-order valence-electron chi connectivity index (χ2n) is 8.95. The van der Waals surface area contributed by atoms with Gasteiger partial charge in [0.05, 0.1) is 12.2 Å². The summed E-state index contributed by atoms with van der Waals surface area (Å²) >= 11 is 0. The van der Waals surface area contributed by atoms with Crippen LogP contribution < -0.4 is 15.1 Å². The largest absolute Gasteiger partial charge is 0.573 e. The average molecular weight is 539 g/mol. The van der Waals surface area contributed by atoms with Crippen molar-refractivity contribution in [3.63, 3.8) is 0 Å². The van der Waals surface area contributed by atoms with Gasteiger partial charge in [-0.1, -0.05) is 50.3 Å². The molecule has 37 heavy (non-hydrogen) atoms. The summed E-state index contributed by atoms with van der Waals surface area (Å²) in [5.74, 6) is 0.0967. The Hall–Kier alpha value is -2.82. The highest BCUT2D eigenvalue weighted by molar-refractivity contribution is 6.65. The predicted molar refractivity (Wildman–Crippen MR) is 138 cm³/mol. The SMILES string of the molecule is CO[Si](C)(CCCCCCCCOc1ccc2cc(-c3ccccc3OC(F)(F)F)c(=O)oc2c1)OC. The lowest BCUT2D eigenvalue weighted by atomic mass is 10.0. The molecule has 0 bridgehead atoms. The topological polar surface area (TPSA) is 67.1 Å². The molecule has 0 atom stereocenters. The van der Waals surface area contributed by atoms with Crippen molar-refractivity contribution in [2.45, 2.75) is 57.5 Å². The number of halogens is 3. The van der Waals surface area contributed by atoms with Crippen molar-refractivity contribution >= 4 is 19.5 Å². The van der Waals surface area contributed by atoms with Crippen LogP contribution in [-0.2, 0) is 8.85 Å². The van der Waals surface area contributed by atoms with E-state index in [0.717, 1.165) is 50.6 Å². The molecule has 10 heteroatoms. The third kappa shape index (κ3) is 8.62. The summed E-state index contributed by atoms with van der Waals surface area (Å²) in [5, 5.41) is 0.560. The van der Waals surface area contributed by atoms with Crippen molar-refractivity contribution in [2.24, 2.45) is 0 Å². The third-order valence-corrected chi connectivity index (χ3v) is 9.26. The maximum absolute atomic E-state index is 12.8. The summed E-state index contributed by atoms with van der Waals surface area (Å²) < 4.78 is 64.6. The number of fused-ring (bicyclic) bond motifs is 1. The zero-order chi connectivity index (χ0) is 26.9. The van der Waals surface area contributed by atoms with Crippen molar-refractivity contribution in [1.29, 1.82) is 0 Å². The zero-order valence-corrected chi connectivity index (χ0v) is 22.4. The minimum atomic E-state index is -4.88. The first-order chi connectivity index (χ1) is 17.6. The standard InChI is InChI=1S/C27H33F3O6Si/c1-32-37(3,33-2)17-11-7-5-4-6-10-16-34-21-15-14-20-18-23(26(31)35-25(20)19-21)22-12-8-9-13-24(22)36-27(28,29)30/h8-9,12-15,18-19H,4-7,10-11,16-17H2,1-3H3. The fourth-order valence-electron chi connectivity index (χ4n) is 4.00. The third-order valence-electron chi connectivity index (χ3n) is 6.27. The van der Waals surface area contributed by atoms with Crippen LogP contribution in [0.4, 0.5) is 13.2 Å². The maximum atomic E-state index is 12.8. The summed E-state index contributed by atoms with van der Waals surface area (Å²) in [4.78, 5) is 12.6. The zero-order valence-electron chi connectivity index (χ0n) is 21.4. The molecular weight excluding hydrogens is 505 g/mol. The van der Waals surface area contributed by atoms with Gasteiger partial charge in [-0.05, 0) is 43.3 Å². The van der Waals surface area contributed by atoms with Crippen molar-refractivity contribution in [2.75, 3.05) is 20.8 Å². The van der Waals surface area contributed by atoms with Gasteiger partial charge in [-0.25, -0.2) is 4.79 Å². The minimum absolute atomic E-state index is 0.00397. The summed E-state index contributed by atoms with van der Waals surface area (Å²) in [6.07, 6.45) is 1.60. The Morgan fingerprint density at radius 3 is 2.24 bits per heavy atom. The molecule has 0 N–H and O–H groups in total. The van der Waals surface area contributed by atoms with Gasteiger partial charge in [0.1, 0.15) is 17.1 Å². The predicted octanol–water partition coefficient (Wildman–Crippen LogP) is 7.44. The smallest absolute Gasteiger partial charge is 0.493 e. The molecule has 0 spiro atoms. The van der Waals surface area contributed by atoms with Crippen molar-refractivity contribution in [3.8, 4) is 22.6 Å². The van der Waals surface area contributed by atoms with E-state index in [1.54, 1.807) is 32.4 Å². The molecule has 0 saturated carbocycles. The lowest BCUT2D eigenvalue weighted by Gasteiger charge is -2.22. The Balaban J connectivity index is 1.52. The highest BCUT2D eigenvalue weighted by Gasteiger charge is 2.32. The molecule has 2 aromatic carbocycles. The van der Waals surface area contributed by atoms with Crippen LogP contribution in [0.25, 0.3) is 22.1 Å². The van der Waals surface area contributed by atoms with Crippen LogP contribution in [0.15, 0.2) is 57.7 Å². The number of hydrogen-bond donors (Lipinski definition) is 0. The normalized spacial score (nSPS) is 12.2. The molecule has 0 radical (unpaired) electrons. The maximum Gasteiger partial charge on any atom is 0.573 e. The van der Waals surface area contributed by atoms with Crippen LogP contribution in [0.3, 0.4) is 0 Å². The Kier molecular flexibility index (Phi) is 10.2. The van der Waals surface area contributed by atoms with E-state index in [2.05, 4.69) is 11.3 Å². The molecule has 0 aliphatic rings. The van der Waals surface area contributed by atoms with E-state index >= 15 is 0 Å². The van der Waals surface area contributed by atoms with Crippen LogP contribution in [-0.4, -0.2) is 35.7 Å². The second-order valence-corrected chi connectivity index (χ2v) is 12.5. The molecule has 0 unspecified atom stereocenters. The van der Waals surface area contributed by atoms with Gasteiger partial charge in [-0.15, -0.1) is 13.2 Å². The van der Waals surface area contributed by atoms with Gasteiger partial charge in [-0.2, -0.15) is 0 Å². The number of unbranched alkanes of at least 4 members (excludes halogenated alkanes) is 5. The van der Waals surface area contributed by atoms with Crippen LogP contribution in [0.5, 0.6) is 11.5 Å². The van der Waals surface area contributed by atoms with E-state index in [9.17, 15) is 18.0 Å². The number of para-hydroxylation sites is 1. The number of hydrogen-bond acceptors (Lipinski definition) is 6. The number of rotatable bonds is 14. The van der Waals surface area contributed by atoms with E-state index in [1.807, 2.05) is 0 Å². The molecular formula is C27H33F3O6Si. The number of benzene rings is 2. The first-order valence-corrected chi connectivity index (χ1v) is 14.8. The molecule has 3 aromatic rings.